The lowest BCUT2D eigenvalue weighted by molar-refractivity contribution is 0.0785. The molecular weight excluding hydrogens is 454 g/mol. The van der Waals surface area contributed by atoms with E-state index >= 15 is 0 Å². The monoisotopic (exact) mass is 478 g/mol. The van der Waals surface area contributed by atoms with Crippen LogP contribution in [0.15, 0.2) is 24.3 Å². The normalized spacial score (nSPS) is 10.2. The molecule has 0 unspecified atom stereocenters. The van der Waals surface area contributed by atoms with Crippen molar-refractivity contribution in [3.05, 3.63) is 53.1 Å². The second-order valence-electron chi connectivity index (χ2n) is 7.26. The summed E-state index contributed by atoms with van der Waals surface area (Å²) in [6.07, 6.45) is 17.9. The number of nitrogens with zero attached hydrogens (tertiary/aromatic N) is 7. The van der Waals surface area contributed by atoms with E-state index < -0.39 is 11.6 Å². The van der Waals surface area contributed by atoms with E-state index in [1.54, 1.807) is 31.0 Å². The average Bonchev–Trinajstić information content (AvgIpc) is 3.30. The molecule has 0 saturated carbocycles. The molecule has 11 heteroatoms. The van der Waals surface area contributed by atoms with Crippen molar-refractivity contribution in [2.45, 2.75) is 26.2 Å². The zero-order chi connectivity index (χ0) is 26.1. The van der Waals surface area contributed by atoms with Gasteiger partial charge in [-0.15, -0.1) is 35.9 Å². The zero-order valence-electron chi connectivity index (χ0n) is 19.3. The average molecular weight is 479 g/mol. The van der Waals surface area contributed by atoms with Gasteiger partial charge in [0.15, 0.2) is 23.0 Å². The van der Waals surface area contributed by atoms with E-state index in [9.17, 15) is 13.6 Å². The Morgan fingerprint density at radius 3 is 2.46 bits per heavy atom. The summed E-state index contributed by atoms with van der Waals surface area (Å²) in [5, 5.41) is 12.3. The van der Waals surface area contributed by atoms with Gasteiger partial charge >= 0.3 is 0 Å². The van der Waals surface area contributed by atoms with Gasteiger partial charge in [0.25, 0.3) is 5.91 Å². The molecule has 0 fully saturated rings. The molecule has 3 aromatic heterocycles. The third kappa shape index (κ3) is 6.03. The van der Waals surface area contributed by atoms with Gasteiger partial charge in [0.05, 0.1) is 11.1 Å². The number of aryl methyl sites for hydroxylation is 2. The standard InChI is InChI=1S/C20H20F2N8O.2C2H2/c1-11-6-7-15(27-26-11)19(31)29(2)8-4-3-5-16-24-18-13-9-12(21)10-14(22)17(13)25-20(23)30(18)28-16;2*1-2/h6-7,9-10H,3-5,8H2,1-2H3,(H2,23,25);2*1-2H. The van der Waals surface area contributed by atoms with Crippen LogP contribution in [0, 0.1) is 44.3 Å². The molecule has 4 rings (SSSR count). The fourth-order valence-electron chi connectivity index (χ4n) is 3.25. The van der Waals surface area contributed by atoms with Gasteiger partial charge in [0.1, 0.15) is 11.3 Å². The summed E-state index contributed by atoms with van der Waals surface area (Å²) in [5.74, 6) is -1.29. The maximum Gasteiger partial charge on any atom is 0.274 e. The summed E-state index contributed by atoms with van der Waals surface area (Å²) in [5.41, 5.74) is 7.11. The number of anilines is 1. The van der Waals surface area contributed by atoms with Gasteiger partial charge in [-0.1, -0.05) is 0 Å². The maximum atomic E-state index is 14.0. The smallest absolute Gasteiger partial charge is 0.274 e. The van der Waals surface area contributed by atoms with Crippen LogP contribution in [0.25, 0.3) is 16.6 Å². The molecule has 1 aromatic carbocycles. The van der Waals surface area contributed by atoms with Crippen LogP contribution in [0.5, 0.6) is 0 Å². The van der Waals surface area contributed by atoms with Crippen LogP contribution >= 0.6 is 0 Å². The van der Waals surface area contributed by atoms with Crippen molar-refractivity contribution < 1.29 is 13.6 Å². The number of carbonyl (C=O) groups excluding carboxylic acids is 1. The maximum absolute atomic E-state index is 14.0. The van der Waals surface area contributed by atoms with Crippen molar-refractivity contribution >= 4 is 28.4 Å². The number of benzene rings is 1. The van der Waals surface area contributed by atoms with Crippen molar-refractivity contribution in [2.24, 2.45) is 0 Å². The number of hydrogen-bond donors (Lipinski definition) is 1. The summed E-state index contributed by atoms with van der Waals surface area (Å²) >= 11 is 0. The Hall–Kier alpha value is -4.64. The molecule has 9 nitrogen and oxygen atoms in total. The Morgan fingerprint density at radius 1 is 1.09 bits per heavy atom. The number of unbranched alkanes of at least 4 members (excludes halogenated alkanes) is 1. The number of halogens is 2. The topological polar surface area (TPSA) is 115 Å². The van der Waals surface area contributed by atoms with Gasteiger partial charge in [0.2, 0.25) is 5.95 Å². The fourth-order valence-corrected chi connectivity index (χ4v) is 3.25. The molecular formula is C24H24F2N8O. The molecule has 0 aliphatic heterocycles. The van der Waals surface area contributed by atoms with Crippen LogP contribution in [-0.2, 0) is 6.42 Å². The molecule has 0 spiro atoms. The quantitative estimate of drug-likeness (QED) is 0.335. The number of nitrogens with two attached hydrogens (primary N) is 1. The lowest BCUT2D eigenvalue weighted by Crippen LogP contribution is -2.28. The van der Waals surface area contributed by atoms with Gasteiger partial charge in [-0.3, -0.25) is 4.79 Å². The largest absolute Gasteiger partial charge is 0.368 e. The number of fused-ring (bicyclic) bond motifs is 3. The second-order valence-corrected chi connectivity index (χ2v) is 7.26. The Kier molecular flexibility index (Phi) is 9.12. The van der Waals surface area contributed by atoms with Crippen molar-refractivity contribution in [3.8, 4) is 25.7 Å². The van der Waals surface area contributed by atoms with E-state index in [2.05, 4.69) is 51.0 Å². The van der Waals surface area contributed by atoms with Gasteiger partial charge in [-0.25, -0.2) is 18.7 Å². The predicted octanol–water partition coefficient (Wildman–Crippen LogP) is 2.83. The summed E-state index contributed by atoms with van der Waals surface area (Å²) in [4.78, 5) is 22.3. The minimum atomic E-state index is -0.806. The number of hydrogen-bond acceptors (Lipinski definition) is 7. The molecule has 0 radical (unpaired) electrons. The Labute approximate surface area is 201 Å². The number of rotatable bonds is 6. The van der Waals surface area contributed by atoms with Crippen LogP contribution in [0.1, 0.15) is 34.8 Å². The SMILES string of the molecule is C#C.C#C.Cc1ccc(C(=O)N(C)CCCCc2nc3c4cc(F)cc(F)c4nc(N)n3n2)nn1. The van der Waals surface area contributed by atoms with Gasteiger partial charge in [-0.05, 0) is 38.0 Å². The van der Waals surface area contributed by atoms with Crippen molar-refractivity contribution in [1.82, 2.24) is 34.7 Å². The van der Waals surface area contributed by atoms with Crippen molar-refractivity contribution in [1.29, 1.82) is 0 Å². The minimum absolute atomic E-state index is 0.0312. The Balaban J connectivity index is 0.00000103. The summed E-state index contributed by atoms with van der Waals surface area (Å²) in [6, 6.07) is 5.30. The first kappa shape index (κ1) is 26.6. The van der Waals surface area contributed by atoms with Crippen LogP contribution in [0.4, 0.5) is 14.7 Å². The number of carbonyl (C=O) groups is 1. The number of terminal acetylenes is 2. The lowest BCUT2D eigenvalue weighted by Gasteiger charge is -2.16. The highest BCUT2D eigenvalue weighted by molar-refractivity contribution is 5.93. The molecule has 1 amide bonds. The summed E-state index contributed by atoms with van der Waals surface area (Å²) in [6.45, 7) is 2.32. The van der Waals surface area contributed by atoms with Crippen molar-refractivity contribution in [2.75, 3.05) is 19.3 Å². The first-order valence-electron chi connectivity index (χ1n) is 10.4. The van der Waals surface area contributed by atoms with E-state index in [4.69, 9.17) is 5.73 Å². The second kappa shape index (κ2) is 12.0. The first-order valence-corrected chi connectivity index (χ1v) is 10.4. The molecule has 3 heterocycles. The molecule has 4 aromatic rings. The highest BCUT2D eigenvalue weighted by Crippen LogP contribution is 2.23. The Morgan fingerprint density at radius 2 is 1.80 bits per heavy atom. The van der Waals surface area contributed by atoms with E-state index in [1.165, 1.54) is 4.52 Å². The predicted molar refractivity (Wildman–Crippen MR) is 129 cm³/mol. The van der Waals surface area contributed by atoms with Crippen LogP contribution < -0.4 is 5.73 Å². The van der Waals surface area contributed by atoms with E-state index in [-0.39, 0.29) is 28.4 Å². The molecule has 0 atom stereocenters. The molecule has 0 aliphatic carbocycles. The van der Waals surface area contributed by atoms with Gasteiger partial charge in [-0.2, -0.15) is 9.61 Å². The third-order valence-corrected chi connectivity index (χ3v) is 4.87. The first-order chi connectivity index (χ1) is 16.8. The summed E-state index contributed by atoms with van der Waals surface area (Å²) < 4.78 is 29.0. The lowest BCUT2D eigenvalue weighted by atomic mass is 10.2. The van der Waals surface area contributed by atoms with E-state index in [0.717, 1.165) is 17.8 Å². The van der Waals surface area contributed by atoms with Gasteiger partial charge in [0, 0.05) is 26.1 Å². The van der Waals surface area contributed by atoms with E-state index in [1.807, 2.05) is 0 Å². The van der Waals surface area contributed by atoms with Gasteiger partial charge < -0.3 is 10.6 Å². The highest BCUT2D eigenvalue weighted by atomic mass is 19.1. The molecule has 0 saturated heterocycles. The molecule has 0 aliphatic rings. The fraction of sp³-hybridized carbons (Fsp3) is 0.250. The molecule has 35 heavy (non-hydrogen) atoms. The van der Waals surface area contributed by atoms with Crippen LogP contribution in [-0.4, -0.2) is 54.2 Å². The minimum Gasteiger partial charge on any atom is -0.368 e. The van der Waals surface area contributed by atoms with Crippen LogP contribution in [0.2, 0.25) is 0 Å². The molecule has 0 bridgehead atoms. The summed E-state index contributed by atoms with van der Waals surface area (Å²) in [7, 11) is 1.70. The zero-order valence-corrected chi connectivity index (χ0v) is 19.3. The molecule has 2 N–H and O–H groups in total. The number of nitrogen functional groups attached to an aromatic ring is 1. The van der Waals surface area contributed by atoms with Crippen molar-refractivity contribution in [3.63, 3.8) is 0 Å². The van der Waals surface area contributed by atoms with Crippen LogP contribution in [0.3, 0.4) is 0 Å². The number of aromatic nitrogens is 6. The highest BCUT2D eigenvalue weighted by Gasteiger charge is 2.16. The third-order valence-electron chi connectivity index (χ3n) is 4.87. The molecule has 180 valence electrons. The van der Waals surface area contributed by atoms with E-state index in [0.29, 0.717) is 37.3 Å². The number of amides is 1. The Bertz CT molecular complexity index is 1360.